The van der Waals surface area contributed by atoms with Crippen LogP contribution in [0.2, 0.25) is 0 Å². The van der Waals surface area contributed by atoms with Crippen LogP contribution in [0.5, 0.6) is 0 Å². The van der Waals surface area contributed by atoms with Crippen molar-refractivity contribution in [1.82, 2.24) is 0 Å². The molecule has 0 saturated heterocycles. The number of carbonyl (C=O) groups excluding carboxylic acids is 1. The lowest BCUT2D eigenvalue weighted by molar-refractivity contribution is 0.0600. The second-order valence-corrected chi connectivity index (χ2v) is 5.37. The molecule has 2 heteroatoms. The van der Waals surface area contributed by atoms with Gasteiger partial charge in [0.1, 0.15) is 0 Å². The van der Waals surface area contributed by atoms with Crippen molar-refractivity contribution in [3.8, 4) is 0 Å². The van der Waals surface area contributed by atoms with Crippen molar-refractivity contribution in [1.29, 1.82) is 0 Å². The van der Waals surface area contributed by atoms with Crippen LogP contribution in [-0.2, 0) is 4.74 Å². The number of benzene rings is 3. The zero-order valence-corrected chi connectivity index (χ0v) is 13.0. The summed E-state index contributed by atoms with van der Waals surface area (Å²) >= 11 is 0. The van der Waals surface area contributed by atoms with E-state index in [1.807, 2.05) is 60.7 Å². The van der Waals surface area contributed by atoms with Crippen LogP contribution in [-0.4, -0.2) is 13.1 Å². The standard InChI is InChI=1S/C21H18O2/c1-23-21(22)19-14-12-18(13-15-19)20(16-8-4-2-5-9-16)17-10-6-3-7-11-17/h2-15,20H,1H3. The first-order chi connectivity index (χ1) is 11.3. The van der Waals surface area contributed by atoms with E-state index >= 15 is 0 Å². The molecule has 2 nitrogen and oxygen atoms in total. The Kier molecular flexibility index (Phi) is 4.53. The molecule has 0 amide bonds. The van der Waals surface area contributed by atoms with Crippen molar-refractivity contribution in [3.05, 3.63) is 107 Å². The van der Waals surface area contributed by atoms with Crippen molar-refractivity contribution in [3.63, 3.8) is 0 Å². The fraction of sp³-hybridized carbons (Fsp3) is 0.0952. The summed E-state index contributed by atoms with van der Waals surface area (Å²) in [4.78, 5) is 11.6. The zero-order valence-electron chi connectivity index (χ0n) is 13.0. The van der Waals surface area contributed by atoms with Crippen molar-refractivity contribution < 1.29 is 9.53 Å². The van der Waals surface area contributed by atoms with Crippen LogP contribution in [0.4, 0.5) is 0 Å². The molecular formula is C21H18O2. The van der Waals surface area contributed by atoms with Crippen molar-refractivity contribution in [2.45, 2.75) is 5.92 Å². The van der Waals surface area contributed by atoms with Gasteiger partial charge < -0.3 is 4.74 Å². The molecule has 3 rings (SSSR count). The summed E-state index contributed by atoms with van der Waals surface area (Å²) in [5.41, 5.74) is 4.17. The monoisotopic (exact) mass is 302 g/mol. The predicted molar refractivity (Wildman–Crippen MR) is 91.6 cm³/mol. The molecule has 0 heterocycles. The van der Waals surface area contributed by atoms with Gasteiger partial charge in [0.25, 0.3) is 0 Å². The third-order valence-corrected chi connectivity index (χ3v) is 3.93. The molecule has 114 valence electrons. The normalized spacial score (nSPS) is 10.5. The summed E-state index contributed by atoms with van der Waals surface area (Å²) in [5.74, 6) is -0.170. The predicted octanol–water partition coefficient (Wildman–Crippen LogP) is 4.65. The highest BCUT2D eigenvalue weighted by Gasteiger charge is 2.16. The topological polar surface area (TPSA) is 26.3 Å². The van der Waals surface area contributed by atoms with Gasteiger partial charge in [-0.3, -0.25) is 0 Å². The van der Waals surface area contributed by atoms with Gasteiger partial charge in [-0.15, -0.1) is 0 Å². The molecule has 0 bridgehead atoms. The molecule has 0 radical (unpaired) electrons. The number of ether oxygens (including phenoxy) is 1. The number of rotatable bonds is 4. The van der Waals surface area contributed by atoms with E-state index in [4.69, 9.17) is 4.74 Å². The van der Waals surface area contributed by atoms with E-state index in [0.29, 0.717) is 5.56 Å². The Morgan fingerprint density at radius 1 is 0.696 bits per heavy atom. The van der Waals surface area contributed by atoms with Crippen LogP contribution >= 0.6 is 0 Å². The van der Waals surface area contributed by atoms with E-state index in [0.717, 1.165) is 5.56 Å². The average Bonchev–Trinajstić information content (AvgIpc) is 2.64. The first-order valence-electron chi connectivity index (χ1n) is 7.58. The van der Waals surface area contributed by atoms with Gasteiger partial charge in [-0.1, -0.05) is 72.8 Å². The first-order valence-corrected chi connectivity index (χ1v) is 7.58. The number of esters is 1. The van der Waals surface area contributed by atoms with E-state index in [9.17, 15) is 4.79 Å². The third kappa shape index (κ3) is 3.32. The molecular weight excluding hydrogens is 284 g/mol. The number of methoxy groups -OCH3 is 1. The third-order valence-electron chi connectivity index (χ3n) is 3.93. The molecule has 0 aliphatic rings. The number of hydrogen-bond donors (Lipinski definition) is 0. The highest BCUT2D eigenvalue weighted by molar-refractivity contribution is 5.89. The van der Waals surface area contributed by atoms with Crippen LogP contribution in [0, 0.1) is 0 Å². The van der Waals surface area contributed by atoms with E-state index in [1.165, 1.54) is 18.2 Å². The van der Waals surface area contributed by atoms with Gasteiger partial charge in [-0.05, 0) is 28.8 Å². The molecule has 23 heavy (non-hydrogen) atoms. The molecule has 0 saturated carbocycles. The van der Waals surface area contributed by atoms with Crippen LogP contribution in [0.25, 0.3) is 0 Å². The van der Waals surface area contributed by atoms with Gasteiger partial charge in [0.15, 0.2) is 0 Å². The van der Waals surface area contributed by atoms with Gasteiger partial charge in [0.05, 0.1) is 12.7 Å². The van der Waals surface area contributed by atoms with E-state index in [2.05, 4.69) is 24.3 Å². The summed E-state index contributed by atoms with van der Waals surface area (Å²) in [6, 6.07) is 28.4. The zero-order chi connectivity index (χ0) is 16.1. The maximum absolute atomic E-state index is 11.6. The summed E-state index contributed by atoms with van der Waals surface area (Å²) in [5, 5.41) is 0. The minimum Gasteiger partial charge on any atom is -0.465 e. The van der Waals surface area contributed by atoms with Crippen molar-refractivity contribution in [2.24, 2.45) is 0 Å². The number of hydrogen-bond acceptors (Lipinski definition) is 2. The Morgan fingerprint density at radius 3 is 1.57 bits per heavy atom. The van der Waals surface area contributed by atoms with E-state index in [-0.39, 0.29) is 11.9 Å². The Morgan fingerprint density at radius 2 is 1.13 bits per heavy atom. The molecule has 0 fully saturated rings. The molecule has 3 aromatic carbocycles. The Balaban J connectivity index is 2.04. The van der Waals surface area contributed by atoms with Gasteiger partial charge >= 0.3 is 5.97 Å². The van der Waals surface area contributed by atoms with E-state index < -0.39 is 0 Å². The molecule has 0 aliphatic heterocycles. The molecule has 0 unspecified atom stereocenters. The van der Waals surface area contributed by atoms with Crippen LogP contribution in [0.1, 0.15) is 33.0 Å². The fourth-order valence-corrected chi connectivity index (χ4v) is 2.80. The highest BCUT2D eigenvalue weighted by Crippen LogP contribution is 2.31. The smallest absolute Gasteiger partial charge is 0.337 e. The van der Waals surface area contributed by atoms with Crippen LogP contribution in [0.3, 0.4) is 0 Å². The second-order valence-electron chi connectivity index (χ2n) is 5.37. The lowest BCUT2D eigenvalue weighted by atomic mass is 9.85. The summed E-state index contributed by atoms with van der Waals surface area (Å²) in [6.45, 7) is 0. The lowest BCUT2D eigenvalue weighted by Gasteiger charge is -2.19. The molecule has 0 atom stereocenters. The minimum atomic E-state index is -0.312. The Bertz CT molecular complexity index is 722. The highest BCUT2D eigenvalue weighted by atomic mass is 16.5. The number of carbonyl (C=O) groups is 1. The molecule has 0 spiro atoms. The summed E-state index contributed by atoms with van der Waals surface area (Å²) < 4.78 is 4.77. The quantitative estimate of drug-likeness (QED) is 0.518. The van der Waals surface area contributed by atoms with Crippen LogP contribution in [0.15, 0.2) is 84.9 Å². The first kappa shape index (κ1) is 15.0. The molecule has 3 aromatic rings. The molecule has 0 aliphatic carbocycles. The summed E-state index contributed by atoms with van der Waals surface area (Å²) in [6.07, 6.45) is 0. The van der Waals surface area contributed by atoms with Gasteiger partial charge in [0, 0.05) is 5.92 Å². The van der Waals surface area contributed by atoms with Gasteiger partial charge in [-0.2, -0.15) is 0 Å². The largest absolute Gasteiger partial charge is 0.465 e. The lowest BCUT2D eigenvalue weighted by Crippen LogP contribution is -2.05. The Labute approximate surface area is 136 Å². The van der Waals surface area contributed by atoms with Gasteiger partial charge in [-0.25, -0.2) is 4.79 Å². The van der Waals surface area contributed by atoms with Crippen LogP contribution < -0.4 is 0 Å². The van der Waals surface area contributed by atoms with E-state index in [1.54, 1.807) is 0 Å². The van der Waals surface area contributed by atoms with Crippen molar-refractivity contribution in [2.75, 3.05) is 7.11 Å². The minimum absolute atomic E-state index is 0.143. The SMILES string of the molecule is COC(=O)c1ccc(C(c2ccccc2)c2ccccc2)cc1. The van der Waals surface area contributed by atoms with Crippen molar-refractivity contribution >= 4 is 5.97 Å². The molecule has 0 N–H and O–H groups in total. The van der Waals surface area contributed by atoms with Gasteiger partial charge in [0.2, 0.25) is 0 Å². The maximum atomic E-state index is 11.6. The summed E-state index contributed by atoms with van der Waals surface area (Å²) in [7, 11) is 1.40. The maximum Gasteiger partial charge on any atom is 0.337 e. The second kappa shape index (κ2) is 6.93. The Hall–Kier alpha value is -2.87. The molecule has 0 aromatic heterocycles. The average molecular weight is 302 g/mol. The fourth-order valence-electron chi connectivity index (χ4n) is 2.80.